The van der Waals surface area contributed by atoms with Crippen LogP contribution in [-0.4, -0.2) is 64.4 Å². The van der Waals surface area contributed by atoms with Crippen LogP contribution in [0.3, 0.4) is 0 Å². The van der Waals surface area contributed by atoms with Crippen LogP contribution in [0.2, 0.25) is 0 Å². The molecule has 2 heterocycles. The van der Waals surface area contributed by atoms with Gasteiger partial charge in [0, 0.05) is 11.9 Å². The summed E-state index contributed by atoms with van der Waals surface area (Å²) in [5, 5.41) is 9.45. The van der Waals surface area contributed by atoms with Crippen LogP contribution in [0.25, 0.3) is 0 Å². The molecular weight excluding hydrogens is 579 g/mol. The second-order valence-electron chi connectivity index (χ2n) is 8.40. The van der Waals surface area contributed by atoms with Crippen molar-refractivity contribution in [2.45, 2.75) is 44.6 Å². The number of fused-ring (bicyclic) bond motifs is 1. The molecule has 0 saturated heterocycles. The Labute approximate surface area is 223 Å². The van der Waals surface area contributed by atoms with Gasteiger partial charge in [0.05, 0.1) is 15.7 Å². The van der Waals surface area contributed by atoms with Gasteiger partial charge in [-0.3, -0.25) is 14.8 Å². The van der Waals surface area contributed by atoms with E-state index in [1.54, 1.807) is 18.2 Å². The fraction of sp³-hybridized carbons (Fsp3) is 0.273. The number of nitrogens with zero attached hydrogens (tertiary/aromatic N) is 1. The van der Waals surface area contributed by atoms with Gasteiger partial charge in [-0.1, -0.05) is 36.4 Å². The number of sulfone groups is 1. The van der Waals surface area contributed by atoms with Crippen LogP contribution in [0.15, 0.2) is 74.0 Å². The molecule has 3 N–H and O–H groups in total. The second-order valence-corrected chi connectivity index (χ2v) is 15.3. The summed E-state index contributed by atoms with van der Waals surface area (Å²) >= 11 is 0.648. The third-order valence-electron chi connectivity index (χ3n) is 5.97. The van der Waals surface area contributed by atoms with Gasteiger partial charge in [0.2, 0.25) is 0 Å². The fourth-order valence-corrected chi connectivity index (χ4v) is 10.0. The molecule has 16 heteroatoms. The Morgan fingerprint density at radius 3 is 2.58 bits per heavy atom. The lowest BCUT2D eigenvalue weighted by atomic mass is 10.1. The molecule has 0 bridgehead atoms. The van der Waals surface area contributed by atoms with Crippen molar-refractivity contribution in [2.24, 2.45) is 0 Å². The molecule has 1 aliphatic heterocycles. The third-order valence-corrected chi connectivity index (χ3v) is 12.9. The van der Waals surface area contributed by atoms with Crippen LogP contribution in [-0.2, 0) is 34.7 Å². The van der Waals surface area contributed by atoms with Gasteiger partial charge in [-0.2, -0.15) is 4.72 Å². The van der Waals surface area contributed by atoms with E-state index in [0.29, 0.717) is 15.6 Å². The summed E-state index contributed by atoms with van der Waals surface area (Å²) in [7, 11) is -12.3. The van der Waals surface area contributed by atoms with Crippen LogP contribution in [0.5, 0.6) is 0 Å². The smallest absolute Gasteiger partial charge is 0.269 e. The molecule has 0 saturated carbocycles. The highest BCUT2D eigenvalue weighted by atomic mass is 32.2. The minimum absolute atomic E-state index is 0.0149. The number of carbonyl (C=O) groups excluding carboxylic acids is 2. The molecule has 1 aromatic carbocycles. The highest BCUT2D eigenvalue weighted by molar-refractivity contribution is 7.93. The first-order valence-corrected chi connectivity index (χ1v) is 16.5. The van der Waals surface area contributed by atoms with E-state index < -0.39 is 53.0 Å². The molecule has 12 nitrogen and oxygen atoms in total. The van der Waals surface area contributed by atoms with E-state index in [-0.39, 0.29) is 45.4 Å². The Balaban J connectivity index is 1.46. The quantitative estimate of drug-likeness (QED) is 0.266. The molecular formula is C22H23N3O9S4. The molecule has 0 fully saturated rings. The average molecular weight is 602 g/mol. The molecule has 2 atom stereocenters. The predicted molar refractivity (Wildman–Crippen MR) is 136 cm³/mol. The fourth-order valence-electron chi connectivity index (χ4n) is 4.01. The number of thiophene rings is 1. The maximum absolute atomic E-state index is 13.0. The maximum Gasteiger partial charge on any atom is 0.269 e. The summed E-state index contributed by atoms with van der Waals surface area (Å²) in [5.41, 5.74) is 1.37. The zero-order valence-electron chi connectivity index (χ0n) is 19.6. The normalized spacial score (nSPS) is 19.3. The maximum atomic E-state index is 13.0. The SMILES string of the molecule is O=C(NO)[C@@H](CCCN1C(=O)c2ccccc2S1(=O)=O)NS(=O)(=O)c1cc(S(=O)(=O)C2C=CC=CC2)cs1. The highest BCUT2D eigenvalue weighted by Gasteiger charge is 2.40. The topological polar surface area (TPSA) is 184 Å². The molecule has 1 aromatic heterocycles. The molecule has 2 aliphatic rings. The van der Waals surface area contributed by atoms with Gasteiger partial charge >= 0.3 is 0 Å². The van der Waals surface area contributed by atoms with Crippen molar-refractivity contribution in [1.29, 1.82) is 0 Å². The summed E-state index contributed by atoms with van der Waals surface area (Å²) in [4.78, 5) is 24.4. The van der Waals surface area contributed by atoms with E-state index >= 15 is 0 Å². The highest BCUT2D eigenvalue weighted by Crippen LogP contribution is 2.31. The number of benzene rings is 1. The summed E-state index contributed by atoms with van der Waals surface area (Å²) in [6, 6.07) is 5.14. The first-order valence-electron chi connectivity index (χ1n) is 11.2. The number of hydrogen-bond donors (Lipinski definition) is 3. The first kappa shape index (κ1) is 28.1. The minimum atomic E-state index is -4.41. The Bertz CT molecular complexity index is 1640. The number of amides is 2. The monoisotopic (exact) mass is 601 g/mol. The second kappa shape index (κ2) is 10.7. The average Bonchev–Trinajstić information content (AvgIpc) is 3.48. The summed E-state index contributed by atoms with van der Waals surface area (Å²) in [6.07, 6.45) is 6.33. The van der Waals surface area contributed by atoms with E-state index in [1.165, 1.54) is 41.2 Å². The van der Waals surface area contributed by atoms with Crippen molar-refractivity contribution in [2.75, 3.05) is 6.54 Å². The number of hydrogen-bond acceptors (Lipinski definition) is 10. The number of allylic oxidation sites excluding steroid dienone is 3. The van der Waals surface area contributed by atoms with Crippen LogP contribution in [0, 0.1) is 0 Å². The molecule has 1 unspecified atom stereocenters. The van der Waals surface area contributed by atoms with Crippen molar-refractivity contribution in [3.8, 4) is 0 Å². The lowest BCUT2D eigenvalue weighted by Gasteiger charge is -2.19. The van der Waals surface area contributed by atoms with Gasteiger partial charge in [-0.25, -0.2) is 35.0 Å². The standard InChI is InChI=1S/C22H23N3O9S4/c26-21(23-28)18(10-6-12-25-22(27)17-9-4-5-11-19(17)38(25,33)34)24-37(31,32)20-13-16(14-35-20)36(29,30)15-7-2-1-3-8-15/h1-5,7,9,11,13-15,18,24,28H,6,8,10,12H2,(H,23,26)/t15?,18-/m1/s1. The molecule has 2 aromatic rings. The third kappa shape index (κ3) is 5.32. The van der Waals surface area contributed by atoms with Crippen LogP contribution < -0.4 is 10.2 Å². The minimum Gasteiger partial charge on any atom is -0.289 e. The molecule has 38 heavy (non-hydrogen) atoms. The summed E-state index contributed by atoms with van der Waals surface area (Å²) in [5.74, 6) is -1.85. The Kier molecular flexibility index (Phi) is 7.92. The van der Waals surface area contributed by atoms with Gasteiger partial charge in [-0.15, -0.1) is 11.3 Å². The van der Waals surface area contributed by atoms with Gasteiger partial charge in [0.1, 0.15) is 15.1 Å². The predicted octanol–water partition coefficient (Wildman–Crippen LogP) is 1.18. The number of rotatable bonds is 10. The number of carbonyl (C=O) groups is 2. The van der Waals surface area contributed by atoms with E-state index in [4.69, 9.17) is 5.21 Å². The molecule has 0 radical (unpaired) electrons. The first-order chi connectivity index (χ1) is 17.9. The van der Waals surface area contributed by atoms with Gasteiger partial charge in [-0.05, 0) is 37.5 Å². The number of nitrogens with one attached hydrogen (secondary N) is 2. The van der Waals surface area contributed by atoms with Crippen molar-refractivity contribution in [1.82, 2.24) is 14.5 Å². The largest absolute Gasteiger partial charge is 0.289 e. The van der Waals surface area contributed by atoms with Crippen molar-refractivity contribution in [3.63, 3.8) is 0 Å². The van der Waals surface area contributed by atoms with Crippen molar-refractivity contribution < 1.29 is 40.0 Å². The van der Waals surface area contributed by atoms with E-state index in [9.17, 15) is 34.8 Å². The lowest BCUT2D eigenvalue weighted by Crippen LogP contribution is -2.46. The van der Waals surface area contributed by atoms with Gasteiger partial charge in [0.25, 0.3) is 31.9 Å². The van der Waals surface area contributed by atoms with Crippen molar-refractivity contribution >= 4 is 53.0 Å². The zero-order chi connectivity index (χ0) is 27.7. The summed E-state index contributed by atoms with van der Waals surface area (Å²) in [6.45, 7) is -0.336. The van der Waals surface area contributed by atoms with E-state index in [2.05, 4.69) is 4.72 Å². The molecule has 1 aliphatic carbocycles. The molecule has 4 rings (SSSR count). The molecule has 204 valence electrons. The molecule has 0 spiro atoms. The Morgan fingerprint density at radius 1 is 1.18 bits per heavy atom. The number of hydroxylamine groups is 1. The van der Waals surface area contributed by atoms with Crippen LogP contribution in [0.4, 0.5) is 0 Å². The van der Waals surface area contributed by atoms with Gasteiger partial charge < -0.3 is 0 Å². The van der Waals surface area contributed by atoms with Crippen LogP contribution in [0.1, 0.15) is 29.6 Å². The van der Waals surface area contributed by atoms with Crippen LogP contribution >= 0.6 is 11.3 Å². The zero-order valence-corrected chi connectivity index (χ0v) is 22.8. The lowest BCUT2D eigenvalue weighted by molar-refractivity contribution is -0.131. The Morgan fingerprint density at radius 2 is 1.92 bits per heavy atom. The Hall–Kier alpha value is -2.89. The summed E-state index contributed by atoms with van der Waals surface area (Å²) < 4.78 is 79.4. The van der Waals surface area contributed by atoms with Crippen molar-refractivity contribution in [3.05, 3.63) is 65.6 Å². The van der Waals surface area contributed by atoms with E-state index in [0.717, 1.165) is 6.07 Å². The van der Waals surface area contributed by atoms with E-state index in [1.807, 2.05) is 0 Å². The molecule has 2 amide bonds. The number of sulfonamides is 2. The van der Waals surface area contributed by atoms with Gasteiger partial charge in [0.15, 0.2) is 9.84 Å².